The largest absolute Gasteiger partial charge is 0.494 e. The van der Waals surface area contributed by atoms with E-state index in [0.717, 1.165) is 23.5 Å². The van der Waals surface area contributed by atoms with E-state index in [1.165, 1.54) is 0 Å². The summed E-state index contributed by atoms with van der Waals surface area (Å²) in [6.45, 7) is 7.22. The maximum absolute atomic E-state index is 12.0. The van der Waals surface area contributed by atoms with Gasteiger partial charge in [0.2, 0.25) is 0 Å². The van der Waals surface area contributed by atoms with E-state index in [9.17, 15) is 4.79 Å². The molecule has 2 aromatic carbocycles. The standard InChI is InChI=1S/C21H26N2O3/c1-4-25-19-9-11-20(12-10-19)26-15-17-5-7-18(8-6-17)21(24)23-22-14-13-16(2)3/h5-12,14,16H,4,13,15H2,1-3H3,(H,23,24). The molecular formula is C21H26N2O3. The number of nitrogens with one attached hydrogen (secondary N) is 1. The van der Waals surface area contributed by atoms with Crippen molar-refractivity contribution in [2.75, 3.05) is 6.61 Å². The molecule has 26 heavy (non-hydrogen) atoms. The van der Waals surface area contributed by atoms with Crippen molar-refractivity contribution in [1.82, 2.24) is 5.43 Å². The van der Waals surface area contributed by atoms with Gasteiger partial charge in [-0.3, -0.25) is 4.79 Å². The molecule has 0 spiro atoms. The SMILES string of the molecule is CCOc1ccc(OCc2ccc(C(=O)NN=CCC(C)C)cc2)cc1. The summed E-state index contributed by atoms with van der Waals surface area (Å²) in [7, 11) is 0. The third-order valence-corrected chi connectivity index (χ3v) is 3.59. The summed E-state index contributed by atoms with van der Waals surface area (Å²) in [6.07, 6.45) is 2.56. The summed E-state index contributed by atoms with van der Waals surface area (Å²) in [5.74, 6) is 1.90. The molecule has 1 amide bonds. The van der Waals surface area contributed by atoms with Crippen LogP contribution in [-0.4, -0.2) is 18.7 Å². The van der Waals surface area contributed by atoms with Gasteiger partial charge in [-0.25, -0.2) is 5.43 Å². The molecule has 0 fully saturated rings. The predicted molar refractivity (Wildman–Crippen MR) is 104 cm³/mol. The molecule has 0 bridgehead atoms. The van der Waals surface area contributed by atoms with E-state index >= 15 is 0 Å². The number of nitrogens with zero attached hydrogens (tertiary/aromatic N) is 1. The topological polar surface area (TPSA) is 59.9 Å². The van der Waals surface area contributed by atoms with E-state index < -0.39 is 0 Å². The summed E-state index contributed by atoms with van der Waals surface area (Å²) < 4.78 is 11.2. The number of hydrogen-bond acceptors (Lipinski definition) is 4. The van der Waals surface area contributed by atoms with Crippen LogP contribution in [0.25, 0.3) is 0 Å². The quantitative estimate of drug-likeness (QED) is 0.535. The molecule has 2 aromatic rings. The van der Waals surface area contributed by atoms with Crippen molar-refractivity contribution < 1.29 is 14.3 Å². The van der Waals surface area contributed by atoms with Crippen LogP contribution in [0.3, 0.4) is 0 Å². The Hall–Kier alpha value is -2.82. The van der Waals surface area contributed by atoms with Crippen molar-refractivity contribution in [3.63, 3.8) is 0 Å². The molecule has 0 aliphatic rings. The number of carbonyl (C=O) groups is 1. The van der Waals surface area contributed by atoms with Crippen LogP contribution in [0.15, 0.2) is 53.6 Å². The van der Waals surface area contributed by atoms with Crippen molar-refractivity contribution in [3.8, 4) is 11.5 Å². The van der Waals surface area contributed by atoms with Gasteiger partial charge in [-0.2, -0.15) is 5.10 Å². The number of rotatable bonds is 9. The van der Waals surface area contributed by atoms with Crippen LogP contribution >= 0.6 is 0 Å². The van der Waals surface area contributed by atoms with Gasteiger partial charge in [-0.05, 0) is 61.2 Å². The highest BCUT2D eigenvalue weighted by molar-refractivity contribution is 5.94. The fraction of sp³-hybridized carbons (Fsp3) is 0.333. The lowest BCUT2D eigenvalue weighted by Crippen LogP contribution is -2.17. The van der Waals surface area contributed by atoms with Gasteiger partial charge in [0.25, 0.3) is 5.91 Å². The average molecular weight is 354 g/mol. The molecule has 5 nitrogen and oxygen atoms in total. The second kappa shape index (κ2) is 10.2. The smallest absolute Gasteiger partial charge is 0.271 e. The van der Waals surface area contributed by atoms with Crippen molar-refractivity contribution in [3.05, 3.63) is 59.7 Å². The number of ether oxygens (including phenoxy) is 2. The molecule has 0 atom stereocenters. The van der Waals surface area contributed by atoms with Crippen molar-refractivity contribution >= 4 is 12.1 Å². The molecular weight excluding hydrogens is 328 g/mol. The Morgan fingerprint density at radius 3 is 2.23 bits per heavy atom. The van der Waals surface area contributed by atoms with E-state index in [4.69, 9.17) is 9.47 Å². The van der Waals surface area contributed by atoms with E-state index in [1.807, 2.05) is 43.3 Å². The minimum absolute atomic E-state index is 0.219. The highest BCUT2D eigenvalue weighted by Gasteiger charge is 2.04. The average Bonchev–Trinajstić information content (AvgIpc) is 2.65. The number of benzene rings is 2. The molecule has 0 aliphatic carbocycles. The molecule has 5 heteroatoms. The van der Waals surface area contributed by atoms with Crippen molar-refractivity contribution in [1.29, 1.82) is 0 Å². The first-order valence-corrected chi connectivity index (χ1v) is 8.85. The third kappa shape index (κ3) is 6.59. The second-order valence-corrected chi connectivity index (χ2v) is 6.27. The zero-order valence-corrected chi connectivity index (χ0v) is 15.6. The third-order valence-electron chi connectivity index (χ3n) is 3.59. The van der Waals surface area contributed by atoms with Gasteiger partial charge in [-0.15, -0.1) is 0 Å². The number of hydrazone groups is 1. The Labute approximate surface area is 155 Å². The lowest BCUT2D eigenvalue weighted by Gasteiger charge is -2.08. The van der Waals surface area contributed by atoms with Gasteiger partial charge in [0, 0.05) is 11.8 Å². The Kier molecular flexibility index (Phi) is 7.68. The predicted octanol–water partition coefficient (Wildman–Crippen LogP) is 4.43. The summed E-state index contributed by atoms with van der Waals surface area (Å²) >= 11 is 0. The molecule has 0 saturated carbocycles. The normalized spacial score (nSPS) is 10.9. The van der Waals surface area contributed by atoms with E-state index in [-0.39, 0.29) is 5.91 Å². The molecule has 138 valence electrons. The van der Waals surface area contributed by atoms with E-state index in [1.54, 1.807) is 18.3 Å². The lowest BCUT2D eigenvalue weighted by molar-refractivity contribution is 0.0955. The molecule has 0 aliphatic heterocycles. The van der Waals surface area contributed by atoms with Crippen LogP contribution in [-0.2, 0) is 6.61 Å². The summed E-state index contributed by atoms with van der Waals surface area (Å²) in [6, 6.07) is 14.8. The van der Waals surface area contributed by atoms with Crippen LogP contribution in [0.4, 0.5) is 0 Å². The maximum Gasteiger partial charge on any atom is 0.271 e. The van der Waals surface area contributed by atoms with Crippen LogP contribution in [0.1, 0.15) is 43.1 Å². The van der Waals surface area contributed by atoms with E-state index in [2.05, 4.69) is 24.4 Å². The fourth-order valence-corrected chi connectivity index (χ4v) is 2.15. The second-order valence-electron chi connectivity index (χ2n) is 6.27. The van der Waals surface area contributed by atoms with Gasteiger partial charge in [0.15, 0.2) is 0 Å². The summed E-state index contributed by atoms with van der Waals surface area (Å²) in [5.41, 5.74) is 4.09. The van der Waals surface area contributed by atoms with Gasteiger partial charge in [0.05, 0.1) is 6.61 Å². The molecule has 2 rings (SSSR count). The maximum atomic E-state index is 12.0. The Balaban J connectivity index is 1.83. The Morgan fingerprint density at radius 2 is 1.65 bits per heavy atom. The first kappa shape index (κ1) is 19.5. The van der Waals surface area contributed by atoms with Gasteiger partial charge >= 0.3 is 0 Å². The van der Waals surface area contributed by atoms with Crippen LogP contribution in [0, 0.1) is 5.92 Å². The molecule has 0 radical (unpaired) electrons. The summed E-state index contributed by atoms with van der Waals surface area (Å²) in [4.78, 5) is 12.0. The van der Waals surface area contributed by atoms with Crippen molar-refractivity contribution in [2.24, 2.45) is 11.0 Å². The Morgan fingerprint density at radius 1 is 1.04 bits per heavy atom. The van der Waals surface area contributed by atoms with Crippen LogP contribution in [0.5, 0.6) is 11.5 Å². The molecule has 0 aromatic heterocycles. The highest BCUT2D eigenvalue weighted by atomic mass is 16.5. The molecule has 0 saturated heterocycles. The van der Waals surface area contributed by atoms with Crippen molar-refractivity contribution in [2.45, 2.75) is 33.8 Å². The number of carbonyl (C=O) groups excluding carboxylic acids is 1. The highest BCUT2D eigenvalue weighted by Crippen LogP contribution is 2.18. The van der Waals surface area contributed by atoms with Crippen LogP contribution in [0.2, 0.25) is 0 Å². The first-order chi connectivity index (χ1) is 12.6. The molecule has 0 unspecified atom stereocenters. The van der Waals surface area contributed by atoms with E-state index in [0.29, 0.717) is 24.7 Å². The van der Waals surface area contributed by atoms with Crippen LogP contribution < -0.4 is 14.9 Å². The monoisotopic (exact) mass is 354 g/mol. The minimum atomic E-state index is -0.219. The molecule has 1 N–H and O–H groups in total. The zero-order chi connectivity index (χ0) is 18.8. The lowest BCUT2D eigenvalue weighted by atomic mass is 10.1. The fourth-order valence-electron chi connectivity index (χ4n) is 2.15. The first-order valence-electron chi connectivity index (χ1n) is 8.85. The zero-order valence-electron chi connectivity index (χ0n) is 15.6. The van der Waals surface area contributed by atoms with Gasteiger partial charge < -0.3 is 9.47 Å². The molecule has 0 heterocycles. The number of amides is 1. The minimum Gasteiger partial charge on any atom is -0.494 e. The summed E-state index contributed by atoms with van der Waals surface area (Å²) in [5, 5.41) is 3.95. The van der Waals surface area contributed by atoms with Gasteiger partial charge in [0.1, 0.15) is 18.1 Å². The Bertz CT molecular complexity index is 707. The number of hydrogen-bond donors (Lipinski definition) is 1. The van der Waals surface area contributed by atoms with Gasteiger partial charge in [-0.1, -0.05) is 26.0 Å².